The maximum Gasteiger partial charge on any atom is 0.266 e. The van der Waals surface area contributed by atoms with Crippen LogP contribution in [0, 0.1) is 6.92 Å². The summed E-state index contributed by atoms with van der Waals surface area (Å²) in [5, 5.41) is 4.02. The number of hydrogen-bond acceptors (Lipinski definition) is 5. The highest BCUT2D eigenvalue weighted by atomic mass is 35.5. The molecule has 3 rings (SSSR count). The largest absolute Gasteiger partial charge is 0.497 e. The fraction of sp³-hybridized carbons (Fsp3) is 0.200. The highest BCUT2D eigenvalue weighted by Gasteiger charge is 2.18. The van der Waals surface area contributed by atoms with Crippen molar-refractivity contribution < 1.29 is 14.3 Å². The quantitative estimate of drug-likeness (QED) is 0.616. The molecule has 140 valence electrons. The minimum absolute atomic E-state index is 0.269. The molecule has 1 unspecified atom stereocenters. The molecule has 0 radical (unpaired) electrons. The SMILES string of the molecule is COc1cccc(OC(C)C(=O)Nc2nc(-c3ccc(Cl)cc3)c(C)s2)c1. The van der Waals surface area contributed by atoms with E-state index in [4.69, 9.17) is 21.1 Å². The molecule has 5 nitrogen and oxygen atoms in total. The van der Waals surface area contributed by atoms with E-state index in [9.17, 15) is 4.79 Å². The number of aryl methyl sites for hydroxylation is 1. The van der Waals surface area contributed by atoms with E-state index < -0.39 is 6.10 Å². The van der Waals surface area contributed by atoms with E-state index in [0.717, 1.165) is 16.1 Å². The van der Waals surface area contributed by atoms with Gasteiger partial charge in [-0.1, -0.05) is 29.8 Å². The molecule has 0 saturated heterocycles. The zero-order chi connectivity index (χ0) is 19.4. The summed E-state index contributed by atoms with van der Waals surface area (Å²) in [6.07, 6.45) is -0.680. The summed E-state index contributed by atoms with van der Waals surface area (Å²) in [6, 6.07) is 14.6. The summed E-state index contributed by atoms with van der Waals surface area (Å²) in [5.74, 6) is 0.965. The Bertz CT molecular complexity index is 941. The van der Waals surface area contributed by atoms with Crippen molar-refractivity contribution in [2.45, 2.75) is 20.0 Å². The Morgan fingerprint density at radius 2 is 1.89 bits per heavy atom. The molecule has 1 amide bonds. The number of carbonyl (C=O) groups is 1. The van der Waals surface area contributed by atoms with Gasteiger partial charge in [-0.15, -0.1) is 11.3 Å². The first-order chi connectivity index (χ1) is 13.0. The normalized spacial score (nSPS) is 11.7. The number of methoxy groups -OCH3 is 1. The van der Waals surface area contributed by atoms with Gasteiger partial charge in [-0.25, -0.2) is 4.98 Å². The van der Waals surface area contributed by atoms with Crippen LogP contribution in [-0.2, 0) is 4.79 Å². The van der Waals surface area contributed by atoms with Crippen molar-refractivity contribution >= 4 is 34.0 Å². The van der Waals surface area contributed by atoms with Crippen LogP contribution < -0.4 is 14.8 Å². The molecule has 7 heteroatoms. The molecule has 27 heavy (non-hydrogen) atoms. The topological polar surface area (TPSA) is 60.5 Å². The second-order valence-electron chi connectivity index (χ2n) is 5.86. The number of nitrogens with zero attached hydrogens (tertiary/aromatic N) is 1. The van der Waals surface area contributed by atoms with E-state index in [0.29, 0.717) is 21.7 Å². The van der Waals surface area contributed by atoms with Gasteiger partial charge in [0.15, 0.2) is 11.2 Å². The van der Waals surface area contributed by atoms with Crippen molar-refractivity contribution in [3.8, 4) is 22.8 Å². The van der Waals surface area contributed by atoms with Crippen LogP contribution >= 0.6 is 22.9 Å². The van der Waals surface area contributed by atoms with Crippen molar-refractivity contribution in [3.05, 3.63) is 58.4 Å². The molecule has 3 aromatic rings. The minimum Gasteiger partial charge on any atom is -0.497 e. The van der Waals surface area contributed by atoms with Crippen LogP contribution in [0.5, 0.6) is 11.5 Å². The lowest BCUT2D eigenvalue weighted by Crippen LogP contribution is -2.30. The van der Waals surface area contributed by atoms with Crippen molar-refractivity contribution in [1.29, 1.82) is 0 Å². The molecule has 2 aromatic carbocycles. The Morgan fingerprint density at radius 1 is 1.19 bits per heavy atom. The lowest BCUT2D eigenvalue weighted by molar-refractivity contribution is -0.122. The Labute approximate surface area is 166 Å². The summed E-state index contributed by atoms with van der Waals surface area (Å²) < 4.78 is 10.9. The smallest absolute Gasteiger partial charge is 0.266 e. The fourth-order valence-corrected chi connectivity index (χ4v) is 3.43. The van der Waals surface area contributed by atoms with Gasteiger partial charge in [0.05, 0.1) is 12.8 Å². The molecule has 0 fully saturated rings. The molecule has 1 aromatic heterocycles. The minimum atomic E-state index is -0.680. The number of carbonyl (C=O) groups excluding carboxylic acids is 1. The lowest BCUT2D eigenvalue weighted by atomic mass is 10.1. The van der Waals surface area contributed by atoms with Crippen LogP contribution in [0.2, 0.25) is 5.02 Å². The van der Waals surface area contributed by atoms with Crippen LogP contribution in [-0.4, -0.2) is 24.1 Å². The monoisotopic (exact) mass is 402 g/mol. The number of halogens is 1. The van der Waals surface area contributed by atoms with Gasteiger partial charge < -0.3 is 9.47 Å². The molecular weight excluding hydrogens is 384 g/mol. The average Bonchev–Trinajstić information content (AvgIpc) is 3.02. The van der Waals surface area contributed by atoms with Crippen LogP contribution in [0.15, 0.2) is 48.5 Å². The Hall–Kier alpha value is -2.57. The standard InChI is InChI=1S/C20H19ClN2O3S/c1-12(26-17-6-4-5-16(11-17)25-3)19(24)23-20-22-18(13(2)27-20)14-7-9-15(21)10-8-14/h4-12H,1-3H3,(H,22,23,24). The summed E-state index contributed by atoms with van der Waals surface area (Å²) in [6.45, 7) is 3.66. The highest BCUT2D eigenvalue weighted by molar-refractivity contribution is 7.16. The molecule has 0 saturated carbocycles. The van der Waals surface area contributed by atoms with Crippen molar-refractivity contribution in [2.24, 2.45) is 0 Å². The molecule has 1 atom stereocenters. The third-order valence-corrected chi connectivity index (χ3v) is 5.01. The number of rotatable bonds is 6. The predicted molar refractivity (Wildman–Crippen MR) is 109 cm³/mol. The predicted octanol–water partition coefficient (Wildman–Crippen LogP) is 5.19. The first-order valence-corrected chi connectivity index (χ1v) is 9.50. The third-order valence-electron chi connectivity index (χ3n) is 3.87. The van der Waals surface area contributed by atoms with Gasteiger partial charge in [-0.05, 0) is 38.1 Å². The summed E-state index contributed by atoms with van der Waals surface area (Å²) >= 11 is 7.36. The molecule has 0 aliphatic carbocycles. The second-order valence-corrected chi connectivity index (χ2v) is 7.50. The van der Waals surface area contributed by atoms with Gasteiger partial charge in [0.1, 0.15) is 11.5 Å². The van der Waals surface area contributed by atoms with Crippen LogP contribution in [0.4, 0.5) is 5.13 Å². The zero-order valence-electron chi connectivity index (χ0n) is 15.2. The lowest BCUT2D eigenvalue weighted by Gasteiger charge is -2.14. The van der Waals surface area contributed by atoms with E-state index in [1.165, 1.54) is 11.3 Å². The third kappa shape index (κ3) is 4.78. The van der Waals surface area contributed by atoms with Gasteiger partial charge in [-0.2, -0.15) is 0 Å². The van der Waals surface area contributed by atoms with Crippen molar-refractivity contribution in [1.82, 2.24) is 4.98 Å². The number of ether oxygens (including phenoxy) is 2. The number of nitrogens with one attached hydrogen (secondary N) is 1. The number of aromatic nitrogens is 1. The number of thiazole rings is 1. The van der Waals surface area contributed by atoms with Crippen LogP contribution in [0.1, 0.15) is 11.8 Å². The Balaban J connectivity index is 1.68. The van der Waals surface area contributed by atoms with Crippen molar-refractivity contribution in [2.75, 3.05) is 12.4 Å². The van der Waals surface area contributed by atoms with Gasteiger partial charge >= 0.3 is 0 Å². The first-order valence-electron chi connectivity index (χ1n) is 8.31. The first kappa shape index (κ1) is 19.2. The molecule has 0 aliphatic heterocycles. The summed E-state index contributed by atoms with van der Waals surface area (Å²) in [5.41, 5.74) is 1.78. The zero-order valence-corrected chi connectivity index (χ0v) is 16.7. The average molecular weight is 403 g/mol. The number of anilines is 1. The Morgan fingerprint density at radius 3 is 2.59 bits per heavy atom. The molecule has 1 N–H and O–H groups in total. The fourth-order valence-electron chi connectivity index (χ4n) is 2.46. The number of hydrogen-bond donors (Lipinski definition) is 1. The van der Waals surface area contributed by atoms with Gasteiger partial charge in [0.2, 0.25) is 0 Å². The molecule has 0 spiro atoms. The molecule has 0 aliphatic rings. The van der Waals surface area contributed by atoms with Gasteiger partial charge in [0.25, 0.3) is 5.91 Å². The van der Waals surface area contributed by atoms with E-state index in [1.807, 2.05) is 37.3 Å². The summed E-state index contributed by atoms with van der Waals surface area (Å²) in [4.78, 5) is 18.0. The maximum atomic E-state index is 12.5. The van der Waals surface area contributed by atoms with Crippen LogP contribution in [0.3, 0.4) is 0 Å². The van der Waals surface area contributed by atoms with Crippen molar-refractivity contribution in [3.63, 3.8) is 0 Å². The maximum absolute atomic E-state index is 12.5. The molecular formula is C20H19ClN2O3S. The van der Waals surface area contributed by atoms with Gasteiger partial charge in [0, 0.05) is 21.5 Å². The van der Waals surface area contributed by atoms with E-state index >= 15 is 0 Å². The summed E-state index contributed by atoms with van der Waals surface area (Å²) in [7, 11) is 1.58. The van der Waals surface area contributed by atoms with Crippen LogP contribution in [0.25, 0.3) is 11.3 Å². The van der Waals surface area contributed by atoms with Gasteiger partial charge in [-0.3, -0.25) is 10.1 Å². The molecule has 0 bridgehead atoms. The highest BCUT2D eigenvalue weighted by Crippen LogP contribution is 2.31. The van der Waals surface area contributed by atoms with E-state index in [1.54, 1.807) is 32.2 Å². The number of benzene rings is 2. The molecule has 1 heterocycles. The Kier molecular flexibility index (Phi) is 5.98. The van der Waals surface area contributed by atoms with E-state index in [-0.39, 0.29) is 5.91 Å². The number of amides is 1. The second kappa shape index (κ2) is 8.41. The van der Waals surface area contributed by atoms with E-state index in [2.05, 4.69) is 10.3 Å².